The van der Waals surface area contributed by atoms with Gasteiger partial charge in [0.2, 0.25) is 0 Å². The Morgan fingerprint density at radius 1 is 1.75 bits per heavy atom. The summed E-state index contributed by atoms with van der Waals surface area (Å²) in [5.74, 6) is 0. The molecule has 4 N–H and O–H groups in total. The van der Waals surface area contributed by atoms with Gasteiger partial charge in [-0.1, -0.05) is 0 Å². The highest BCUT2D eigenvalue weighted by Gasteiger charge is 2.09. The van der Waals surface area contributed by atoms with Crippen molar-refractivity contribution in [2.45, 2.75) is 6.04 Å². The SMILES string of the molecule is CNC(CO)c1cnccc1N. The van der Waals surface area contributed by atoms with E-state index in [-0.39, 0.29) is 12.6 Å². The van der Waals surface area contributed by atoms with Crippen molar-refractivity contribution >= 4 is 5.69 Å². The van der Waals surface area contributed by atoms with Crippen LogP contribution in [0, 0.1) is 0 Å². The van der Waals surface area contributed by atoms with Gasteiger partial charge in [-0.15, -0.1) is 0 Å². The molecule has 1 heterocycles. The molecule has 66 valence electrons. The molecule has 0 aliphatic heterocycles. The number of hydrogen-bond acceptors (Lipinski definition) is 4. The molecule has 4 nitrogen and oxygen atoms in total. The Kier molecular flexibility index (Phi) is 3.01. The van der Waals surface area contributed by atoms with Crippen molar-refractivity contribution in [3.8, 4) is 0 Å². The maximum Gasteiger partial charge on any atom is 0.0627 e. The van der Waals surface area contributed by atoms with E-state index >= 15 is 0 Å². The number of rotatable bonds is 3. The molecule has 0 aromatic carbocycles. The van der Waals surface area contributed by atoms with E-state index in [9.17, 15) is 0 Å². The van der Waals surface area contributed by atoms with Crippen LogP contribution in [0.3, 0.4) is 0 Å². The molecule has 0 fully saturated rings. The molecule has 1 unspecified atom stereocenters. The van der Waals surface area contributed by atoms with Gasteiger partial charge in [-0.25, -0.2) is 0 Å². The molecule has 0 radical (unpaired) electrons. The van der Waals surface area contributed by atoms with Crippen LogP contribution < -0.4 is 11.1 Å². The van der Waals surface area contributed by atoms with Crippen molar-refractivity contribution in [3.05, 3.63) is 24.0 Å². The maximum atomic E-state index is 8.96. The normalized spacial score (nSPS) is 12.8. The summed E-state index contributed by atoms with van der Waals surface area (Å²) in [7, 11) is 1.77. The van der Waals surface area contributed by atoms with Gasteiger partial charge in [-0.3, -0.25) is 4.98 Å². The maximum absolute atomic E-state index is 8.96. The minimum atomic E-state index is -0.126. The Balaban J connectivity index is 2.92. The van der Waals surface area contributed by atoms with Crippen LogP contribution in [0.25, 0.3) is 0 Å². The molecule has 0 saturated carbocycles. The van der Waals surface area contributed by atoms with Crippen molar-refractivity contribution in [1.29, 1.82) is 0 Å². The molecular formula is C8H13N3O. The summed E-state index contributed by atoms with van der Waals surface area (Å²) in [6, 6.07) is 1.59. The Labute approximate surface area is 71.4 Å². The number of aromatic nitrogens is 1. The predicted octanol–water partition coefficient (Wildman–Crippen LogP) is -0.0834. The van der Waals surface area contributed by atoms with Gasteiger partial charge < -0.3 is 16.2 Å². The van der Waals surface area contributed by atoms with Crippen molar-refractivity contribution in [1.82, 2.24) is 10.3 Å². The van der Waals surface area contributed by atoms with E-state index in [1.165, 1.54) is 0 Å². The first-order chi connectivity index (χ1) is 5.79. The zero-order valence-electron chi connectivity index (χ0n) is 6.99. The van der Waals surface area contributed by atoms with E-state index in [0.29, 0.717) is 5.69 Å². The van der Waals surface area contributed by atoms with Gasteiger partial charge >= 0.3 is 0 Å². The van der Waals surface area contributed by atoms with Crippen LogP contribution >= 0.6 is 0 Å². The first-order valence-electron chi connectivity index (χ1n) is 3.77. The molecular weight excluding hydrogens is 154 g/mol. The molecule has 0 aliphatic carbocycles. The number of anilines is 1. The molecule has 4 heteroatoms. The summed E-state index contributed by atoms with van der Waals surface area (Å²) < 4.78 is 0. The number of likely N-dealkylation sites (N-methyl/N-ethyl adjacent to an activating group) is 1. The fraction of sp³-hybridized carbons (Fsp3) is 0.375. The number of nitrogens with zero attached hydrogens (tertiary/aromatic N) is 1. The molecule has 1 rings (SSSR count). The summed E-state index contributed by atoms with van der Waals surface area (Å²) in [6.45, 7) is 0.0202. The minimum Gasteiger partial charge on any atom is -0.398 e. The third-order valence-electron chi connectivity index (χ3n) is 1.79. The van der Waals surface area contributed by atoms with E-state index in [1.54, 1.807) is 25.5 Å². The van der Waals surface area contributed by atoms with Gasteiger partial charge in [0.25, 0.3) is 0 Å². The number of nitrogens with two attached hydrogens (primary N) is 1. The van der Waals surface area contributed by atoms with E-state index in [4.69, 9.17) is 10.8 Å². The van der Waals surface area contributed by atoms with Crippen LogP contribution in [-0.4, -0.2) is 23.7 Å². The lowest BCUT2D eigenvalue weighted by Gasteiger charge is -2.14. The lowest BCUT2D eigenvalue weighted by atomic mass is 10.1. The Morgan fingerprint density at radius 3 is 3.00 bits per heavy atom. The molecule has 0 spiro atoms. The lowest BCUT2D eigenvalue weighted by molar-refractivity contribution is 0.251. The lowest BCUT2D eigenvalue weighted by Crippen LogP contribution is -2.21. The Bertz CT molecular complexity index is 248. The molecule has 0 bridgehead atoms. The number of aliphatic hydroxyl groups is 1. The van der Waals surface area contributed by atoms with Crippen molar-refractivity contribution in [2.75, 3.05) is 19.4 Å². The Hall–Kier alpha value is -1.13. The number of hydrogen-bond donors (Lipinski definition) is 3. The van der Waals surface area contributed by atoms with E-state index in [0.717, 1.165) is 5.56 Å². The first kappa shape index (κ1) is 8.96. The largest absolute Gasteiger partial charge is 0.398 e. The number of pyridine rings is 1. The van der Waals surface area contributed by atoms with E-state index in [2.05, 4.69) is 10.3 Å². The number of nitrogen functional groups attached to an aromatic ring is 1. The molecule has 1 atom stereocenters. The highest BCUT2D eigenvalue weighted by atomic mass is 16.3. The van der Waals surface area contributed by atoms with Crippen LogP contribution in [0.4, 0.5) is 5.69 Å². The summed E-state index contributed by atoms with van der Waals surface area (Å²) >= 11 is 0. The zero-order valence-corrected chi connectivity index (χ0v) is 6.99. The second kappa shape index (κ2) is 4.04. The van der Waals surface area contributed by atoms with Gasteiger partial charge in [0.15, 0.2) is 0 Å². The van der Waals surface area contributed by atoms with Crippen molar-refractivity contribution in [2.24, 2.45) is 0 Å². The third-order valence-corrected chi connectivity index (χ3v) is 1.79. The smallest absolute Gasteiger partial charge is 0.0627 e. The van der Waals surface area contributed by atoms with Crippen LogP contribution in [-0.2, 0) is 0 Å². The number of nitrogens with one attached hydrogen (secondary N) is 1. The molecule has 0 saturated heterocycles. The molecule has 12 heavy (non-hydrogen) atoms. The average molecular weight is 167 g/mol. The standard InChI is InChI=1S/C8H13N3O/c1-10-8(5-12)6-4-11-3-2-7(6)9/h2-4,8,10,12H,5H2,1H3,(H2,9,11). The summed E-state index contributed by atoms with van der Waals surface area (Å²) in [5.41, 5.74) is 7.17. The van der Waals surface area contributed by atoms with Crippen LogP contribution in [0.1, 0.15) is 11.6 Å². The predicted molar refractivity (Wildman–Crippen MR) is 47.5 cm³/mol. The highest BCUT2D eigenvalue weighted by Crippen LogP contribution is 2.17. The van der Waals surface area contributed by atoms with Crippen molar-refractivity contribution < 1.29 is 5.11 Å². The molecule has 0 aliphatic rings. The third kappa shape index (κ3) is 1.72. The fourth-order valence-electron chi connectivity index (χ4n) is 1.05. The van der Waals surface area contributed by atoms with Gasteiger partial charge in [-0.05, 0) is 13.1 Å². The molecule has 1 aromatic heterocycles. The monoisotopic (exact) mass is 167 g/mol. The molecule has 1 aromatic rings. The quantitative estimate of drug-likeness (QED) is 0.588. The van der Waals surface area contributed by atoms with Crippen LogP contribution in [0.15, 0.2) is 18.5 Å². The first-order valence-corrected chi connectivity index (χ1v) is 3.77. The second-order valence-corrected chi connectivity index (χ2v) is 2.53. The summed E-state index contributed by atoms with van der Waals surface area (Å²) in [4.78, 5) is 3.93. The zero-order chi connectivity index (χ0) is 8.97. The van der Waals surface area contributed by atoms with Crippen molar-refractivity contribution in [3.63, 3.8) is 0 Å². The van der Waals surface area contributed by atoms with Crippen LogP contribution in [0.5, 0.6) is 0 Å². The van der Waals surface area contributed by atoms with E-state index < -0.39 is 0 Å². The average Bonchev–Trinajstić information content (AvgIpc) is 2.10. The summed E-state index contributed by atoms with van der Waals surface area (Å²) in [5, 5.41) is 11.9. The minimum absolute atomic E-state index is 0.0202. The fourth-order valence-corrected chi connectivity index (χ4v) is 1.05. The topological polar surface area (TPSA) is 71.2 Å². The van der Waals surface area contributed by atoms with Gasteiger partial charge in [0, 0.05) is 23.6 Å². The van der Waals surface area contributed by atoms with Gasteiger partial charge in [-0.2, -0.15) is 0 Å². The highest BCUT2D eigenvalue weighted by molar-refractivity contribution is 5.46. The van der Waals surface area contributed by atoms with Crippen LogP contribution in [0.2, 0.25) is 0 Å². The van der Waals surface area contributed by atoms with Gasteiger partial charge in [0.05, 0.1) is 12.6 Å². The summed E-state index contributed by atoms with van der Waals surface area (Å²) in [6.07, 6.45) is 3.29. The second-order valence-electron chi connectivity index (χ2n) is 2.53. The van der Waals surface area contributed by atoms with E-state index in [1.807, 2.05) is 0 Å². The van der Waals surface area contributed by atoms with Gasteiger partial charge in [0.1, 0.15) is 0 Å². The molecule has 0 amide bonds. The Morgan fingerprint density at radius 2 is 2.50 bits per heavy atom. The number of aliphatic hydroxyl groups excluding tert-OH is 1.